The van der Waals surface area contributed by atoms with E-state index in [4.69, 9.17) is 9.47 Å². The third-order valence-corrected chi connectivity index (χ3v) is 14.6. The van der Waals surface area contributed by atoms with E-state index in [1.165, 1.54) is 193 Å². The average molecular weight is 1060 g/mol. The summed E-state index contributed by atoms with van der Waals surface area (Å²) in [6, 6.07) is 0. The van der Waals surface area contributed by atoms with E-state index < -0.39 is 11.9 Å². The number of hydrogen-bond donors (Lipinski definition) is 0. The number of carboxylic acid groups (broad SMARTS) is 2. The van der Waals surface area contributed by atoms with E-state index in [-0.39, 0.29) is 74.7 Å². The second-order valence-corrected chi connectivity index (χ2v) is 22.0. The molecule has 2 atom stereocenters. The minimum absolute atomic E-state index is 0. The number of unbranched alkanes of at least 4 members (excludes halogenated alkanes) is 40. The van der Waals surface area contributed by atoms with Gasteiger partial charge in [-0.15, -0.1) is 0 Å². The molecule has 73 heavy (non-hydrogen) atoms. The minimum atomic E-state index is -0.936. The van der Waals surface area contributed by atoms with Crippen molar-refractivity contribution in [2.75, 3.05) is 0 Å². The Kier molecular flexibility index (Phi) is 68.4. The third-order valence-electron chi connectivity index (χ3n) is 14.6. The predicted molar refractivity (Wildman–Crippen MR) is 308 cm³/mol. The van der Waals surface area contributed by atoms with Gasteiger partial charge in [0.25, 0.3) is 0 Å². The van der Waals surface area contributed by atoms with Crippen LogP contribution in [-0.2, 0) is 28.7 Å². The first-order valence-electron chi connectivity index (χ1n) is 32.0. The second-order valence-electron chi connectivity index (χ2n) is 22.0. The smallest absolute Gasteiger partial charge is 0.550 e. The Bertz CT molecular complexity index is 1050. The Hall–Kier alpha value is -0.860. The molecule has 0 fully saturated rings. The van der Waals surface area contributed by atoms with E-state index in [1.54, 1.807) is 0 Å². The number of carboxylic acids is 2. The Morgan fingerprint density at radius 2 is 0.425 bits per heavy atom. The van der Waals surface area contributed by atoms with Crippen LogP contribution in [0.4, 0.5) is 0 Å². The molecule has 0 N–H and O–H groups in total. The monoisotopic (exact) mass is 1060 g/mol. The fourth-order valence-electron chi connectivity index (χ4n) is 9.88. The fraction of sp³-hybridized carbons (Fsp3) is 0.938. The van der Waals surface area contributed by atoms with Crippen molar-refractivity contribution in [3.05, 3.63) is 0 Å². The van der Waals surface area contributed by atoms with Crippen molar-refractivity contribution in [1.82, 2.24) is 0 Å². The summed E-state index contributed by atoms with van der Waals surface area (Å²) in [4.78, 5) is 45.8. The summed E-state index contributed by atoms with van der Waals surface area (Å²) in [6.45, 7) is 9.01. The molecule has 2 unspecified atom stereocenters. The standard InChI is InChI=1S/2C32H62O4.Ca/c2*1-3-5-7-9-10-11-12-13-17-21-25-29-32(35)36-30(26-22-18-8-6-4-2)27-23-19-15-14-16-20-24-28-31(33)34;/h2*30H,3-29H2,1-2H3,(H,33,34);/q;;+2/p-2. The largest absolute Gasteiger partial charge is 2.00 e. The van der Waals surface area contributed by atoms with Crippen LogP contribution >= 0.6 is 0 Å². The van der Waals surface area contributed by atoms with Gasteiger partial charge < -0.3 is 29.3 Å². The molecule has 0 aromatic carbocycles. The number of carbonyl (C=O) groups excluding carboxylic acids is 4. The van der Waals surface area contributed by atoms with Crippen molar-refractivity contribution in [3.8, 4) is 0 Å². The van der Waals surface area contributed by atoms with Crippen molar-refractivity contribution < 1.29 is 38.9 Å². The third kappa shape index (κ3) is 67.2. The number of aliphatic carboxylic acids is 2. The van der Waals surface area contributed by atoms with Crippen LogP contribution in [0, 0.1) is 0 Å². The van der Waals surface area contributed by atoms with Gasteiger partial charge in [-0.2, -0.15) is 0 Å². The van der Waals surface area contributed by atoms with Crippen LogP contribution in [0.25, 0.3) is 0 Å². The van der Waals surface area contributed by atoms with Crippen molar-refractivity contribution in [1.29, 1.82) is 0 Å². The van der Waals surface area contributed by atoms with Gasteiger partial charge >= 0.3 is 49.7 Å². The summed E-state index contributed by atoms with van der Waals surface area (Å²) < 4.78 is 11.9. The molecule has 0 aliphatic heterocycles. The van der Waals surface area contributed by atoms with Crippen LogP contribution in [0.5, 0.6) is 0 Å². The summed E-state index contributed by atoms with van der Waals surface area (Å²) in [5.74, 6) is -1.85. The van der Waals surface area contributed by atoms with Gasteiger partial charge in [0.2, 0.25) is 0 Å². The molecule has 0 spiro atoms. The molecular weight excluding hydrogens is 937 g/mol. The second kappa shape index (κ2) is 65.4. The van der Waals surface area contributed by atoms with Crippen LogP contribution in [0.15, 0.2) is 0 Å². The molecule has 0 heterocycles. The van der Waals surface area contributed by atoms with Gasteiger partial charge in [0.15, 0.2) is 0 Å². The maximum absolute atomic E-state index is 12.5. The van der Waals surface area contributed by atoms with Crippen molar-refractivity contribution >= 4 is 61.6 Å². The Morgan fingerprint density at radius 3 is 0.616 bits per heavy atom. The van der Waals surface area contributed by atoms with E-state index in [0.29, 0.717) is 12.8 Å². The van der Waals surface area contributed by atoms with Gasteiger partial charge in [-0.1, -0.05) is 272 Å². The molecule has 0 aliphatic carbocycles. The van der Waals surface area contributed by atoms with Gasteiger partial charge in [0.05, 0.1) is 0 Å². The molecule has 0 aromatic rings. The molecule has 428 valence electrons. The molecule has 0 amide bonds. The van der Waals surface area contributed by atoms with Crippen molar-refractivity contribution in [3.63, 3.8) is 0 Å². The van der Waals surface area contributed by atoms with Gasteiger partial charge in [-0.3, -0.25) is 9.59 Å². The first-order valence-corrected chi connectivity index (χ1v) is 32.0. The van der Waals surface area contributed by atoms with Gasteiger partial charge in [-0.25, -0.2) is 0 Å². The van der Waals surface area contributed by atoms with E-state index in [0.717, 1.165) is 128 Å². The quantitative estimate of drug-likeness (QED) is 0.0334. The Morgan fingerprint density at radius 1 is 0.260 bits per heavy atom. The number of carbonyl (C=O) groups is 4. The average Bonchev–Trinajstić information content (AvgIpc) is 3.35. The zero-order valence-electron chi connectivity index (χ0n) is 49.3. The van der Waals surface area contributed by atoms with E-state index >= 15 is 0 Å². The summed E-state index contributed by atoms with van der Waals surface area (Å²) in [6.07, 6.45) is 61.6. The van der Waals surface area contributed by atoms with Crippen molar-refractivity contribution in [2.45, 2.75) is 387 Å². The summed E-state index contributed by atoms with van der Waals surface area (Å²) in [5.41, 5.74) is 0. The van der Waals surface area contributed by atoms with Crippen molar-refractivity contribution in [2.24, 2.45) is 0 Å². The van der Waals surface area contributed by atoms with Gasteiger partial charge in [-0.05, 0) is 89.9 Å². The molecule has 0 aromatic heterocycles. The summed E-state index contributed by atoms with van der Waals surface area (Å²) in [5, 5.41) is 20.9. The SMILES string of the molecule is CCCCCCCCCCCCCC(=O)OC(CCCCCCC)CCCCCCCCCC(=O)[O-].CCCCCCCCCCCCCC(=O)OC(CCCCCCC)CCCCCCCCCC(=O)[O-].[Ca+2]. The molecular formula is C64H122CaO8. The molecule has 0 radical (unpaired) electrons. The number of ether oxygens (including phenoxy) is 2. The van der Waals surface area contributed by atoms with Crippen LogP contribution in [-0.4, -0.2) is 73.8 Å². The van der Waals surface area contributed by atoms with Gasteiger partial charge in [0, 0.05) is 24.8 Å². The maximum atomic E-state index is 12.5. The molecule has 0 rings (SSSR count). The molecule has 9 heteroatoms. The molecule has 0 saturated carbocycles. The maximum Gasteiger partial charge on any atom is 2.00 e. The zero-order valence-corrected chi connectivity index (χ0v) is 51.5. The topological polar surface area (TPSA) is 133 Å². The minimum Gasteiger partial charge on any atom is -0.550 e. The van der Waals surface area contributed by atoms with Gasteiger partial charge in [0.1, 0.15) is 12.2 Å². The first-order chi connectivity index (χ1) is 35.2. The molecule has 8 nitrogen and oxygen atoms in total. The van der Waals surface area contributed by atoms with Crippen LogP contribution in [0.3, 0.4) is 0 Å². The Balaban J connectivity index is -0.00000132. The summed E-state index contributed by atoms with van der Waals surface area (Å²) in [7, 11) is 0. The fourth-order valence-corrected chi connectivity index (χ4v) is 9.88. The van der Waals surface area contributed by atoms with Crippen LogP contribution < -0.4 is 10.2 Å². The van der Waals surface area contributed by atoms with E-state index in [2.05, 4.69) is 27.7 Å². The van der Waals surface area contributed by atoms with E-state index in [9.17, 15) is 29.4 Å². The molecule has 0 saturated heterocycles. The number of rotatable bonds is 58. The predicted octanol–water partition coefficient (Wildman–Crippen LogP) is 18.1. The Labute approximate surface area is 483 Å². The summed E-state index contributed by atoms with van der Waals surface area (Å²) >= 11 is 0. The van der Waals surface area contributed by atoms with Crippen LogP contribution in [0.1, 0.15) is 374 Å². The van der Waals surface area contributed by atoms with E-state index in [1.807, 2.05) is 0 Å². The first kappa shape index (κ1) is 76.4. The van der Waals surface area contributed by atoms with Crippen LogP contribution in [0.2, 0.25) is 0 Å². The number of hydrogen-bond acceptors (Lipinski definition) is 8. The zero-order chi connectivity index (χ0) is 53.1. The normalized spacial score (nSPS) is 11.9. The molecule has 0 bridgehead atoms. The molecule has 0 aliphatic rings. The number of esters is 2.